The first-order valence-corrected chi connectivity index (χ1v) is 4.59. The molecular weight excluding hydrogens is 191 g/mol. The third-order valence-electron chi connectivity index (χ3n) is 1.32. The lowest BCUT2D eigenvalue weighted by Crippen LogP contribution is -2.22. The molecule has 0 radical (unpaired) electrons. The third kappa shape index (κ3) is 3.80. The minimum absolute atomic E-state index is 0.267. The van der Waals surface area contributed by atoms with Crippen LogP contribution in [-0.2, 0) is 5.75 Å². The van der Waals surface area contributed by atoms with Crippen LogP contribution in [0.4, 0.5) is 9.18 Å². The summed E-state index contributed by atoms with van der Waals surface area (Å²) in [5, 5.41) is 0. The second kappa shape index (κ2) is 4.71. The van der Waals surface area contributed by atoms with E-state index in [1.807, 2.05) is 0 Å². The highest BCUT2D eigenvalue weighted by Gasteiger charge is 1.95. The molecule has 2 amide bonds. The smallest absolute Gasteiger partial charge is 0.322 e. The molecule has 0 saturated carbocycles. The summed E-state index contributed by atoms with van der Waals surface area (Å²) < 4.78 is 14.8. The summed E-state index contributed by atoms with van der Waals surface area (Å²) in [6, 6.07) is 5.49. The highest BCUT2D eigenvalue weighted by Crippen LogP contribution is 2.09. The SMILES string of the molecule is NC(=O)NSCc1ccc(F)cc1. The van der Waals surface area contributed by atoms with Crippen LogP contribution in [0.15, 0.2) is 24.3 Å². The molecule has 3 nitrogen and oxygen atoms in total. The number of hydrogen-bond donors (Lipinski definition) is 2. The molecule has 5 heteroatoms. The van der Waals surface area contributed by atoms with Gasteiger partial charge in [0.15, 0.2) is 0 Å². The molecule has 1 aromatic rings. The van der Waals surface area contributed by atoms with Gasteiger partial charge in [0.25, 0.3) is 0 Å². The van der Waals surface area contributed by atoms with Gasteiger partial charge in [0.2, 0.25) is 0 Å². The number of benzene rings is 1. The Morgan fingerprint density at radius 2 is 2.08 bits per heavy atom. The molecular formula is C8H9FN2OS. The Bertz CT molecular complexity index is 289. The summed E-state index contributed by atoms with van der Waals surface area (Å²) >= 11 is 1.17. The molecule has 3 N–H and O–H groups in total. The van der Waals surface area contributed by atoms with Crippen molar-refractivity contribution in [1.82, 2.24) is 4.72 Å². The van der Waals surface area contributed by atoms with Crippen LogP contribution in [0.2, 0.25) is 0 Å². The topological polar surface area (TPSA) is 55.1 Å². The molecule has 0 heterocycles. The molecule has 0 aromatic heterocycles. The van der Waals surface area contributed by atoms with Gasteiger partial charge in [0.05, 0.1) is 0 Å². The number of carbonyl (C=O) groups excluding carboxylic acids is 1. The van der Waals surface area contributed by atoms with Gasteiger partial charge in [-0.15, -0.1) is 0 Å². The van der Waals surface area contributed by atoms with Crippen LogP contribution in [-0.4, -0.2) is 6.03 Å². The highest BCUT2D eigenvalue weighted by atomic mass is 32.2. The number of rotatable bonds is 3. The summed E-state index contributed by atoms with van der Waals surface area (Å²) in [5.41, 5.74) is 5.78. The van der Waals surface area contributed by atoms with Gasteiger partial charge in [0, 0.05) is 5.75 Å². The number of amides is 2. The summed E-state index contributed by atoms with van der Waals surface area (Å²) in [4.78, 5) is 10.3. The molecule has 0 aliphatic heterocycles. The number of hydrogen-bond acceptors (Lipinski definition) is 2. The van der Waals surface area contributed by atoms with E-state index in [2.05, 4.69) is 4.72 Å². The normalized spacial score (nSPS) is 9.62. The van der Waals surface area contributed by atoms with E-state index >= 15 is 0 Å². The molecule has 0 fully saturated rings. The monoisotopic (exact) mass is 200 g/mol. The second-order valence-electron chi connectivity index (χ2n) is 2.38. The Kier molecular flexibility index (Phi) is 3.57. The number of nitrogens with one attached hydrogen (secondary N) is 1. The lowest BCUT2D eigenvalue weighted by atomic mass is 10.2. The van der Waals surface area contributed by atoms with Crippen LogP contribution in [0.1, 0.15) is 5.56 Å². The van der Waals surface area contributed by atoms with Gasteiger partial charge in [0.1, 0.15) is 5.82 Å². The first kappa shape index (κ1) is 9.85. The van der Waals surface area contributed by atoms with Gasteiger partial charge in [-0.1, -0.05) is 12.1 Å². The number of urea groups is 1. The van der Waals surface area contributed by atoms with Gasteiger partial charge in [-0.3, -0.25) is 4.72 Å². The van der Waals surface area contributed by atoms with E-state index in [0.717, 1.165) is 5.56 Å². The van der Waals surface area contributed by atoms with E-state index in [4.69, 9.17) is 5.73 Å². The Balaban J connectivity index is 2.37. The Morgan fingerprint density at radius 1 is 1.46 bits per heavy atom. The quantitative estimate of drug-likeness (QED) is 0.729. The Labute approximate surface area is 79.6 Å². The third-order valence-corrected chi connectivity index (χ3v) is 2.15. The molecule has 0 unspecified atom stereocenters. The zero-order valence-electron chi connectivity index (χ0n) is 6.79. The van der Waals surface area contributed by atoms with Crippen LogP contribution in [0.3, 0.4) is 0 Å². The van der Waals surface area contributed by atoms with Crippen LogP contribution in [0.5, 0.6) is 0 Å². The van der Waals surface area contributed by atoms with Crippen molar-refractivity contribution in [3.63, 3.8) is 0 Å². The predicted molar refractivity (Wildman–Crippen MR) is 50.4 cm³/mol. The van der Waals surface area contributed by atoms with Crippen molar-refractivity contribution in [1.29, 1.82) is 0 Å². The van der Waals surface area contributed by atoms with Gasteiger partial charge < -0.3 is 5.73 Å². The largest absolute Gasteiger partial charge is 0.351 e. The summed E-state index contributed by atoms with van der Waals surface area (Å²) in [6.45, 7) is 0. The second-order valence-corrected chi connectivity index (χ2v) is 3.16. The first-order valence-electron chi connectivity index (χ1n) is 3.60. The van der Waals surface area contributed by atoms with E-state index in [1.165, 1.54) is 24.1 Å². The molecule has 0 saturated heterocycles. The average molecular weight is 200 g/mol. The summed E-state index contributed by atoms with van der Waals surface area (Å²) in [5.74, 6) is 0.306. The lowest BCUT2D eigenvalue weighted by Gasteiger charge is -2.00. The van der Waals surface area contributed by atoms with Gasteiger partial charge in [-0.2, -0.15) is 0 Å². The van der Waals surface area contributed by atoms with E-state index in [0.29, 0.717) is 5.75 Å². The Hall–Kier alpha value is -1.23. The highest BCUT2D eigenvalue weighted by molar-refractivity contribution is 7.97. The average Bonchev–Trinajstić information content (AvgIpc) is 2.08. The number of halogens is 1. The number of nitrogens with two attached hydrogens (primary N) is 1. The molecule has 13 heavy (non-hydrogen) atoms. The van der Waals surface area contributed by atoms with Crippen molar-refractivity contribution >= 4 is 18.0 Å². The zero-order chi connectivity index (χ0) is 9.68. The number of primary amides is 1. The Morgan fingerprint density at radius 3 is 2.62 bits per heavy atom. The maximum atomic E-state index is 12.4. The van der Waals surface area contributed by atoms with Crippen LogP contribution in [0.25, 0.3) is 0 Å². The van der Waals surface area contributed by atoms with Crippen molar-refractivity contribution in [3.8, 4) is 0 Å². The van der Waals surface area contributed by atoms with Crippen LogP contribution < -0.4 is 10.5 Å². The first-order chi connectivity index (χ1) is 6.18. The minimum Gasteiger partial charge on any atom is -0.351 e. The minimum atomic E-state index is -0.577. The number of carbonyl (C=O) groups is 1. The fourth-order valence-corrected chi connectivity index (χ4v) is 1.34. The molecule has 0 spiro atoms. The molecule has 1 aromatic carbocycles. The fourth-order valence-electron chi connectivity index (χ4n) is 0.771. The van der Waals surface area contributed by atoms with Crippen molar-refractivity contribution in [2.75, 3.05) is 0 Å². The standard InChI is InChI=1S/C8H9FN2OS/c9-7-3-1-6(2-4-7)5-13-11-8(10)12/h1-4H,5H2,(H3,10,11,12). The fraction of sp³-hybridized carbons (Fsp3) is 0.125. The summed E-state index contributed by atoms with van der Waals surface area (Å²) in [6.07, 6.45) is 0. The molecule has 1 rings (SSSR count). The van der Waals surface area contributed by atoms with E-state index in [1.54, 1.807) is 12.1 Å². The predicted octanol–water partition coefficient (Wildman–Crippen LogP) is 1.64. The molecule has 0 aliphatic rings. The summed E-state index contributed by atoms with van der Waals surface area (Å²) in [7, 11) is 0. The molecule has 0 bridgehead atoms. The lowest BCUT2D eigenvalue weighted by molar-refractivity contribution is 0.254. The molecule has 0 aliphatic carbocycles. The van der Waals surface area contributed by atoms with Crippen LogP contribution >= 0.6 is 11.9 Å². The van der Waals surface area contributed by atoms with Crippen molar-refractivity contribution in [3.05, 3.63) is 35.6 Å². The van der Waals surface area contributed by atoms with Gasteiger partial charge in [-0.25, -0.2) is 9.18 Å². The van der Waals surface area contributed by atoms with E-state index in [-0.39, 0.29) is 5.82 Å². The maximum absolute atomic E-state index is 12.4. The van der Waals surface area contributed by atoms with Crippen LogP contribution in [0, 0.1) is 5.82 Å². The van der Waals surface area contributed by atoms with Gasteiger partial charge >= 0.3 is 6.03 Å². The van der Waals surface area contributed by atoms with E-state index < -0.39 is 6.03 Å². The molecule has 70 valence electrons. The van der Waals surface area contributed by atoms with Crippen molar-refractivity contribution in [2.45, 2.75) is 5.75 Å². The maximum Gasteiger partial charge on any atom is 0.322 e. The molecule has 0 atom stereocenters. The van der Waals surface area contributed by atoms with Gasteiger partial charge in [-0.05, 0) is 29.6 Å². The van der Waals surface area contributed by atoms with E-state index in [9.17, 15) is 9.18 Å². The zero-order valence-corrected chi connectivity index (χ0v) is 7.60. The van der Waals surface area contributed by atoms with Crippen molar-refractivity contribution < 1.29 is 9.18 Å². The van der Waals surface area contributed by atoms with Crippen molar-refractivity contribution in [2.24, 2.45) is 5.73 Å².